The van der Waals surface area contributed by atoms with E-state index >= 15 is 0 Å². The Morgan fingerprint density at radius 3 is 0.651 bits per heavy atom. The number of nitrogens with zero attached hydrogens (tertiary/aromatic N) is 3. The molecular weight excluding hydrogens is 763 g/mol. The minimum absolute atomic E-state index is 1.07. The highest BCUT2D eigenvalue weighted by Crippen LogP contribution is 2.42. The molecule has 0 bridgehead atoms. The Kier molecular flexibility index (Phi) is 11.1. The lowest BCUT2D eigenvalue weighted by atomic mass is 10.0. The highest BCUT2D eigenvalue weighted by atomic mass is 15.2. The summed E-state index contributed by atoms with van der Waals surface area (Å²) in [4.78, 5) is 7.00. The largest absolute Gasteiger partial charge is 0.310 e. The zero-order valence-electron chi connectivity index (χ0n) is 34.8. The van der Waals surface area contributed by atoms with Crippen molar-refractivity contribution in [2.75, 3.05) is 14.7 Å². The monoisotopic (exact) mass is 807 g/mol. The van der Waals surface area contributed by atoms with Crippen LogP contribution in [-0.4, -0.2) is 0 Å². The Balaban J connectivity index is 1.06. The summed E-state index contributed by atoms with van der Waals surface area (Å²) in [5, 5.41) is 0. The van der Waals surface area contributed by atoms with Crippen LogP contribution in [0.3, 0.4) is 0 Å². The zero-order valence-corrected chi connectivity index (χ0v) is 34.8. The molecule has 0 aliphatic rings. The van der Waals surface area contributed by atoms with Crippen molar-refractivity contribution in [2.45, 2.75) is 0 Å². The molecule has 0 aromatic heterocycles. The number of anilines is 9. The maximum atomic E-state index is 2.37. The standard InChI is InChI=1S/C60H45N3/c1-6-20-46(21-7-1)47-38-40-56(41-39-47)63(59-36-18-24-50(44-59)48-22-16-34-57(42-48)61(52-26-8-2-9-27-52)53-28-10-3-11-29-53)60-37-19-25-51(45-60)49-23-17-35-58(43-49)62(54-30-12-4-13-31-54)55-32-14-5-15-33-55/h1-45H. The molecule has 0 saturated carbocycles. The van der Waals surface area contributed by atoms with E-state index in [1.165, 1.54) is 11.1 Å². The first-order valence-electron chi connectivity index (χ1n) is 21.4. The Hall–Kier alpha value is -8.40. The summed E-state index contributed by atoms with van der Waals surface area (Å²) in [5.41, 5.74) is 16.7. The van der Waals surface area contributed by atoms with Crippen LogP contribution in [0.15, 0.2) is 273 Å². The fourth-order valence-electron chi connectivity index (χ4n) is 8.38. The van der Waals surface area contributed by atoms with Crippen LogP contribution in [0.5, 0.6) is 0 Å². The van der Waals surface area contributed by atoms with Gasteiger partial charge in [-0.05, 0) is 143 Å². The topological polar surface area (TPSA) is 9.72 Å². The van der Waals surface area contributed by atoms with E-state index in [1.54, 1.807) is 0 Å². The van der Waals surface area contributed by atoms with Gasteiger partial charge in [0.1, 0.15) is 0 Å². The predicted octanol–water partition coefficient (Wildman–Crippen LogP) is 17.1. The second kappa shape index (κ2) is 18.1. The van der Waals surface area contributed by atoms with Crippen molar-refractivity contribution in [3.63, 3.8) is 0 Å². The van der Waals surface area contributed by atoms with Gasteiger partial charge in [-0.3, -0.25) is 0 Å². The van der Waals surface area contributed by atoms with E-state index in [-0.39, 0.29) is 0 Å². The Bertz CT molecular complexity index is 2790. The fraction of sp³-hybridized carbons (Fsp3) is 0. The molecule has 0 radical (unpaired) electrons. The van der Waals surface area contributed by atoms with Gasteiger partial charge in [0.05, 0.1) is 0 Å². The van der Waals surface area contributed by atoms with Gasteiger partial charge in [-0.15, -0.1) is 0 Å². The van der Waals surface area contributed by atoms with E-state index in [4.69, 9.17) is 0 Å². The molecule has 10 aromatic rings. The molecule has 0 fully saturated rings. The highest BCUT2D eigenvalue weighted by Gasteiger charge is 2.18. The molecule has 0 amide bonds. The van der Waals surface area contributed by atoms with Crippen LogP contribution in [0.4, 0.5) is 51.2 Å². The van der Waals surface area contributed by atoms with Crippen molar-refractivity contribution >= 4 is 51.2 Å². The third-order valence-corrected chi connectivity index (χ3v) is 11.4. The van der Waals surface area contributed by atoms with Crippen molar-refractivity contribution in [1.82, 2.24) is 0 Å². The number of para-hydroxylation sites is 4. The minimum Gasteiger partial charge on any atom is -0.310 e. The maximum Gasteiger partial charge on any atom is 0.0467 e. The highest BCUT2D eigenvalue weighted by molar-refractivity contribution is 5.86. The number of benzene rings is 10. The summed E-state index contributed by atoms with van der Waals surface area (Å²) in [6.07, 6.45) is 0. The Labute approximate surface area is 370 Å². The average molecular weight is 808 g/mol. The molecule has 0 unspecified atom stereocenters. The van der Waals surface area contributed by atoms with Crippen LogP contribution in [-0.2, 0) is 0 Å². The molecule has 0 spiro atoms. The van der Waals surface area contributed by atoms with E-state index in [9.17, 15) is 0 Å². The molecular formula is C60H45N3. The molecule has 0 N–H and O–H groups in total. The van der Waals surface area contributed by atoms with E-state index in [0.717, 1.165) is 73.4 Å². The summed E-state index contributed by atoms with van der Waals surface area (Å²) >= 11 is 0. The second-order valence-corrected chi connectivity index (χ2v) is 15.5. The third-order valence-electron chi connectivity index (χ3n) is 11.4. The molecule has 0 aliphatic carbocycles. The minimum atomic E-state index is 1.07. The molecule has 3 nitrogen and oxygen atoms in total. The Morgan fingerprint density at radius 1 is 0.143 bits per heavy atom. The zero-order chi connectivity index (χ0) is 42.2. The van der Waals surface area contributed by atoms with Gasteiger partial charge in [0.15, 0.2) is 0 Å². The van der Waals surface area contributed by atoms with Crippen LogP contribution in [0.1, 0.15) is 0 Å². The van der Waals surface area contributed by atoms with Gasteiger partial charge in [0.25, 0.3) is 0 Å². The van der Waals surface area contributed by atoms with Crippen molar-refractivity contribution in [3.8, 4) is 33.4 Å². The fourth-order valence-corrected chi connectivity index (χ4v) is 8.38. The van der Waals surface area contributed by atoms with Crippen LogP contribution < -0.4 is 14.7 Å². The van der Waals surface area contributed by atoms with Gasteiger partial charge in [-0.1, -0.05) is 164 Å². The molecule has 0 heterocycles. The van der Waals surface area contributed by atoms with Crippen LogP contribution in [0.25, 0.3) is 33.4 Å². The quantitative estimate of drug-likeness (QED) is 0.122. The van der Waals surface area contributed by atoms with Gasteiger partial charge in [0, 0.05) is 51.2 Å². The molecule has 300 valence electrons. The molecule has 10 rings (SSSR count). The lowest BCUT2D eigenvalue weighted by Crippen LogP contribution is -2.11. The predicted molar refractivity (Wildman–Crippen MR) is 267 cm³/mol. The lowest BCUT2D eigenvalue weighted by molar-refractivity contribution is 1.27. The summed E-state index contributed by atoms with van der Waals surface area (Å²) in [6.45, 7) is 0. The second-order valence-electron chi connectivity index (χ2n) is 15.5. The first kappa shape index (κ1) is 38.8. The number of rotatable bonds is 12. The molecule has 0 aliphatic heterocycles. The van der Waals surface area contributed by atoms with Crippen molar-refractivity contribution in [3.05, 3.63) is 273 Å². The Morgan fingerprint density at radius 2 is 0.349 bits per heavy atom. The first-order valence-corrected chi connectivity index (χ1v) is 21.4. The molecule has 63 heavy (non-hydrogen) atoms. The average Bonchev–Trinajstić information content (AvgIpc) is 3.36. The smallest absolute Gasteiger partial charge is 0.0467 e. The number of hydrogen-bond acceptors (Lipinski definition) is 3. The molecule has 0 atom stereocenters. The summed E-state index contributed by atoms with van der Waals surface area (Å²) < 4.78 is 0. The van der Waals surface area contributed by atoms with Crippen LogP contribution in [0.2, 0.25) is 0 Å². The van der Waals surface area contributed by atoms with Gasteiger partial charge >= 0.3 is 0 Å². The maximum absolute atomic E-state index is 2.37. The molecule has 3 heteroatoms. The van der Waals surface area contributed by atoms with E-state index < -0.39 is 0 Å². The van der Waals surface area contributed by atoms with Crippen LogP contribution >= 0.6 is 0 Å². The van der Waals surface area contributed by atoms with Gasteiger partial charge in [-0.2, -0.15) is 0 Å². The summed E-state index contributed by atoms with van der Waals surface area (Å²) in [5.74, 6) is 0. The van der Waals surface area contributed by atoms with Gasteiger partial charge in [0.2, 0.25) is 0 Å². The molecule has 10 aromatic carbocycles. The van der Waals surface area contributed by atoms with Crippen molar-refractivity contribution in [2.24, 2.45) is 0 Å². The van der Waals surface area contributed by atoms with E-state index in [2.05, 4.69) is 288 Å². The lowest BCUT2D eigenvalue weighted by Gasteiger charge is -2.28. The van der Waals surface area contributed by atoms with Crippen molar-refractivity contribution < 1.29 is 0 Å². The summed E-state index contributed by atoms with van der Waals surface area (Å²) in [6, 6.07) is 97.3. The number of hydrogen-bond donors (Lipinski definition) is 0. The normalized spacial score (nSPS) is 10.9. The van der Waals surface area contributed by atoms with Gasteiger partial charge in [-0.25, -0.2) is 0 Å². The van der Waals surface area contributed by atoms with E-state index in [0.29, 0.717) is 0 Å². The third kappa shape index (κ3) is 8.50. The summed E-state index contributed by atoms with van der Waals surface area (Å²) in [7, 11) is 0. The molecule has 0 saturated heterocycles. The van der Waals surface area contributed by atoms with E-state index in [1.807, 2.05) is 0 Å². The van der Waals surface area contributed by atoms with Gasteiger partial charge < -0.3 is 14.7 Å². The SMILES string of the molecule is c1ccc(-c2ccc(N(c3cccc(-c4cccc(N(c5ccccc5)c5ccccc5)c4)c3)c3cccc(-c4cccc(N(c5ccccc5)c5ccccc5)c4)c3)cc2)cc1. The van der Waals surface area contributed by atoms with Crippen LogP contribution in [0, 0.1) is 0 Å². The first-order chi connectivity index (χ1) is 31.2. The van der Waals surface area contributed by atoms with Crippen molar-refractivity contribution in [1.29, 1.82) is 0 Å².